The van der Waals surface area contributed by atoms with Crippen LogP contribution in [0.25, 0.3) is 11.3 Å². The molecule has 0 bridgehead atoms. The van der Waals surface area contributed by atoms with Crippen molar-refractivity contribution in [1.29, 1.82) is 0 Å². The fourth-order valence-corrected chi connectivity index (χ4v) is 1.49. The fourth-order valence-electron chi connectivity index (χ4n) is 1.49. The number of ether oxygens (including phenoxy) is 1. The molecule has 1 aromatic carbocycles. The quantitative estimate of drug-likeness (QED) is 0.841. The number of aromatic nitrogens is 2. The van der Waals surface area contributed by atoms with Gasteiger partial charge in [0, 0.05) is 18.8 Å². The van der Waals surface area contributed by atoms with Crippen molar-refractivity contribution in [3.05, 3.63) is 30.2 Å². The minimum atomic E-state index is -0.333. The predicted molar refractivity (Wildman–Crippen MR) is 59.6 cm³/mol. The van der Waals surface area contributed by atoms with Crippen LogP contribution in [-0.2, 0) is 7.05 Å². The highest BCUT2D eigenvalue weighted by molar-refractivity contribution is 5.67. The lowest BCUT2D eigenvalue weighted by Gasteiger charge is -2.05. The van der Waals surface area contributed by atoms with Crippen molar-refractivity contribution in [2.75, 3.05) is 12.8 Å². The molecular weight excluding hydrogens is 209 g/mol. The normalized spacial score (nSPS) is 10.4. The Morgan fingerprint density at radius 3 is 2.75 bits per heavy atom. The zero-order chi connectivity index (χ0) is 11.7. The molecule has 0 radical (unpaired) electrons. The first-order chi connectivity index (χ1) is 7.61. The Hall–Kier alpha value is -2.04. The summed E-state index contributed by atoms with van der Waals surface area (Å²) in [5.41, 5.74) is 6.81. The average molecular weight is 221 g/mol. The Labute approximate surface area is 92.5 Å². The first-order valence-corrected chi connectivity index (χ1v) is 4.74. The van der Waals surface area contributed by atoms with Crippen LogP contribution >= 0.6 is 0 Å². The minimum absolute atomic E-state index is 0.333. The molecule has 0 spiro atoms. The van der Waals surface area contributed by atoms with E-state index in [2.05, 4.69) is 4.98 Å². The maximum Gasteiger partial charge on any atom is 0.200 e. The number of halogens is 1. The highest BCUT2D eigenvalue weighted by atomic mass is 19.1. The van der Waals surface area contributed by atoms with Crippen LogP contribution in [-0.4, -0.2) is 16.7 Å². The third-order valence-electron chi connectivity index (χ3n) is 2.35. The summed E-state index contributed by atoms with van der Waals surface area (Å²) in [5, 5.41) is 0. The van der Waals surface area contributed by atoms with E-state index in [-0.39, 0.29) is 5.82 Å². The Bertz CT molecular complexity index is 502. The van der Waals surface area contributed by atoms with Crippen LogP contribution < -0.4 is 10.5 Å². The number of methoxy groups -OCH3 is 1. The van der Waals surface area contributed by atoms with Gasteiger partial charge in [0.05, 0.1) is 12.8 Å². The molecule has 1 aromatic heterocycles. The van der Waals surface area contributed by atoms with Gasteiger partial charge in [0.15, 0.2) is 5.95 Å². The van der Waals surface area contributed by atoms with E-state index < -0.39 is 0 Å². The summed E-state index contributed by atoms with van der Waals surface area (Å²) < 4.78 is 20.0. The summed E-state index contributed by atoms with van der Waals surface area (Å²) >= 11 is 0. The summed E-state index contributed by atoms with van der Waals surface area (Å²) in [6.45, 7) is 0. The van der Waals surface area contributed by atoms with Crippen molar-refractivity contribution >= 4 is 5.95 Å². The van der Waals surface area contributed by atoms with E-state index in [9.17, 15) is 4.39 Å². The number of anilines is 1. The number of nitrogen functional groups attached to an aromatic ring is 1. The molecule has 0 atom stereocenters. The molecular formula is C11H12FN3O. The molecule has 2 N–H and O–H groups in total. The number of hydrogen-bond donors (Lipinski definition) is 1. The van der Waals surface area contributed by atoms with Gasteiger partial charge in [-0.1, -0.05) is 0 Å². The summed E-state index contributed by atoms with van der Waals surface area (Å²) in [6, 6.07) is 4.28. The molecule has 0 saturated carbocycles. The predicted octanol–water partition coefficient (Wildman–Crippen LogP) is 1.82. The van der Waals surface area contributed by atoms with Gasteiger partial charge >= 0.3 is 0 Å². The Morgan fingerprint density at radius 1 is 1.44 bits per heavy atom. The van der Waals surface area contributed by atoms with Crippen molar-refractivity contribution in [3.8, 4) is 17.0 Å². The van der Waals surface area contributed by atoms with E-state index in [4.69, 9.17) is 10.5 Å². The van der Waals surface area contributed by atoms with Crippen molar-refractivity contribution in [2.45, 2.75) is 0 Å². The number of hydrogen-bond acceptors (Lipinski definition) is 3. The highest BCUT2D eigenvalue weighted by Crippen LogP contribution is 2.30. The average Bonchev–Trinajstić information content (AvgIpc) is 2.59. The number of nitrogens with two attached hydrogens (primary N) is 1. The summed E-state index contributed by atoms with van der Waals surface area (Å²) in [4.78, 5) is 4.12. The molecule has 4 nitrogen and oxygen atoms in total. The molecule has 0 fully saturated rings. The molecule has 0 amide bonds. The van der Waals surface area contributed by atoms with Gasteiger partial charge in [-0.2, -0.15) is 0 Å². The monoisotopic (exact) mass is 221 g/mol. The molecule has 84 valence electrons. The Kier molecular flexibility index (Phi) is 2.52. The maximum absolute atomic E-state index is 13.2. The molecule has 2 rings (SSSR count). The number of nitrogens with zero attached hydrogens (tertiary/aromatic N) is 2. The number of aryl methyl sites for hydroxylation is 1. The second kappa shape index (κ2) is 3.84. The van der Waals surface area contributed by atoms with Crippen LogP contribution in [0.3, 0.4) is 0 Å². The summed E-state index contributed by atoms with van der Waals surface area (Å²) in [6.07, 6.45) is 1.73. The van der Waals surface area contributed by atoms with Crippen molar-refractivity contribution in [3.63, 3.8) is 0 Å². The SMILES string of the molecule is COc1ccc(F)cc1-c1cn(C)c(N)n1. The van der Waals surface area contributed by atoms with E-state index in [1.54, 1.807) is 23.9 Å². The second-order valence-corrected chi connectivity index (χ2v) is 3.44. The summed E-state index contributed by atoms with van der Waals surface area (Å²) in [5.74, 6) is 0.612. The van der Waals surface area contributed by atoms with Crippen LogP contribution in [0.2, 0.25) is 0 Å². The number of imidazole rings is 1. The van der Waals surface area contributed by atoms with Gasteiger partial charge in [-0.3, -0.25) is 0 Å². The van der Waals surface area contributed by atoms with Crippen LogP contribution in [0.4, 0.5) is 10.3 Å². The molecule has 0 aliphatic carbocycles. The van der Waals surface area contributed by atoms with Gasteiger partial charge in [0.25, 0.3) is 0 Å². The van der Waals surface area contributed by atoms with E-state index in [1.165, 1.54) is 19.2 Å². The van der Waals surface area contributed by atoms with Gasteiger partial charge < -0.3 is 15.0 Å². The molecule has 1 heterocycles. The molecule has 5 heteroatoms. The standard InChI is InChI=1S/C11H12FN3O/c1-15-6-9(14-11(15)13)8-5-7(12)3-4-10(8)16-2/h3-6H,1-2H3,(H2,13,14). The highest BCUT2D eigenvalue weighted by Gasteiger charge is 2.11. The maximum atomic E-state index is 13.2. The minimum Gasteiger partial charge on any atom is -0.496 e. The van der Waals surface area contributed by atoms with Crippen LogP contribution in [0.5, 0.6) is 5.75 Å². The zero-order valence-electron chi connectivity index (χ0n) is 9.07. The second-order valence-electron chi connectivity index (χ2n) is 3.44. The van der Waals surface area contributed by atoms with E-state index in [0.29, 0.717) is 23.0 Å². The smallest absolute Gasteiger partial charge is 0.200 e. The van der Waals surface area contributed by atoms with Gasteiger partial charge in [0.2, 0.25) is 0 Å². The topological polar surface area (TPSA) is 53.1 Å². The third kappa shape index (κ3) is 1.71. The first-order valence-electron chi connectivity index (χ1n) is 4.74. The molecule has 2 aromatic rings. The summed E-state index contributed by atoms with van der Waals surface area (Å²) in [7, 11) is 3.31. The lowest BCUT2D eigenvalue weighted by molar-refractivity contribution is 0.415. The van der Waals surface area contributed by atoms with Crippen LogP contribution in [0.1, 0.15) is 0 Å². The van der Waals surface area contributed by atoms with Gasteiger partial charge in [-0.25, -0.2) is 9.37 Å². The van der Waals surface area contributed by atoms with Gasteiger partial charge in [-0.15, -0.1) is 0 Å². The first kappa shape index (κ1) is 10.5. The molecule has 16 heavy (non-hydrogen) atoms. The van der Waals surface area contributed by atoms with E-state index in [0.717, 1.165) is 0 Å². The third-order valence-corrected chi connectivity index (χ3v) is 2.35. The van der Waals surface area contributed by atoms with E-state index >= 15 is 0 Å². The van der Waals surface area contributed by atoms with Crippen LogP contribution in [0, 0.1) is 5.82 Å². The number of rotatable bonds is 2. The fraction of sp³-hybridized carbons (Fsp3) is 0.182. The number of benzene rings is 1. The molecule has 0 unspecified atom stereocenters. The molecule has 0 saturated heterocycles. The van der Waals surface area contributed by atoms with Crippen molar-refractivity contribution in [2.24, 2.45) is 7.05 Å². The lowest BCUT2D eigenvalue weighted by Crippen LogP contribution is -1.94. The van der Waals surface area contributed by atoms with Gasteiger partial charge in [-0.05, 0) is 18.2 Å². The van der Waals surface area contributed by atoms with Gasteiger partial charge in [0.1, 0.15) is 11.6 Å². The zero-order valence-corrected chi connectivity index (χ0v) is 9.07. The van der Waals surface area contributed by atoms with Crippen LogP contribution in [0.15, 0.2) is 24.4 Å². The van der Waals surface area contributed by atoms with Crippen molar-refractivity contribution in [1.82, 2.24) is 9.55 Å². The Morgan fingerprint density at radius 2 is 2.19 bits per heavy atom. The molecule has 0 aliphatic heterocycles. The largest absolute Gasteiger partial charge is 0.496 e. The van der Waals surface area contributed by atoms with Crippen molar-refractivity contribution < 1.29 is 9.13 Å². The molecule has 0 aliphatic rings. The van der Waals surface area contributed by atoms with E-state index in [1.807, 2.05) is 0 Å². The Balaban J connectivity index is 2.57. The lowest BCUT2D eigenvalue weighted by atomic mass is 10.1.